The molecule has 1 N–H and O–H groups in total. The maximum Gasteiger partial charge on any atom is 0.253 e. The summed E-state index contributed by atoms with van der Waals surface area (Å²) >= 11 is 0. The molecule has 0 fully saturated rings. The van der Waals surface area contributed by atoms with Gasteiger partial charge in [0.15, 0.2) is 0 Å². The van der Waals surface area contributed by atoms with Crippen LogP contribution < -0.4 is 10.1 Å². The molecule has 1 amide bonds. The lowest BCUT2D eigenvalue weighted by Crippen LogP contribution is -2.36. The van der Waals surface area contributed by atoms with Gasteiger partial charge in [0.25, 0.3) is 5.91 Å². The molecule has 1 atom stereocenters. The molecule has 0 aliphatic carbocycles. The topological polar surface area (TPSA) is 51.2 Å². The molecule has 0 radical (unpaired) electrons. The number of carbonyl (C=O) groups is 1. The van der Waals surface area contributed by atoms with E-state index in [0.717, 1.165) is 17.4 Å². The Labute approximate surface area is 123 Å². The second-order valence-corrected chi connectivity index (χ2v) is 4.87. The third-order valence-electron chi connectivity index (χ3n) is 2.89. The number of hydrogen-bond acceptors (Lipinski definition) is 3. The lowest BCUT2D eigenvalue weighted by molar-refractivity contribution is 0.0926. The number of hydrogen-bond donors (Lipinski definition) is 1. The Morgan fingerprint density at radius 2 is 2.00 bits per heavy atom. The van der Waals surface area contributed by atoms with E-state index < -0.39 is 5.95 Å². The lowest BCUT2D eigenvalue weighted by atomic mass is 10.2. The minimum Gasteiger partial charge on any atom is -0.491 e. The second-order valence-electron chi connectivity index (χ2n) is 4.87. The van der Waals surface area contributed by atoms with Gasteiger partial charge in [-0.3, -0.25) is 4.79 Å². The number of carbonyl (C=O) groups excluding carboxylic acids is 1. The number of aromatic nitrogens is 1. The van der Waals surface area contributed by atoms with Gasteiger partial charge in [0.1, 0.15) is 12.4 Å². The summed E-state index contributed by atoms with van der Waals surface area (Å²) in [6.45, 7) is 4.19. The fraction of sp³-hybridized carbons (Fsp3) is 0.250. The number of nitrogens with one attached hydrogen (secondary N) is 1. The Hall–Kier alpha value is -2.43. The zero-order valence-electron chi connectivity index (χ0n) is 12.0. The minimum atomic E-state index is -0.609. The standard InChI is InChI=1S/C16H17FN2O2/c1-11-3-6-14(7-4-11)21-10-12(2)19-16(20)13-5-8-15(17)18-9-13/h3-9,12H,10H2,1-2H3,(H,19,20). The Morgan fingerprint density at radius 3 is 2.62 bits per heavy atom. The van der Waals surface area contributed by atoms with Crippen molar-refractivity contribution in [3.8, 4) is 5.75 Å². The van der Waals surface area contributed by atoms with E-state index in [1.54, 1.807) is 0 Å². The van der Waals surface area contributed by atoms with Crippen LogP contribution in [0.25, 0.3) is 0 Å². The van der Waals surface area contributed by atoms with Gasteiger partial charge in [0, 0.05) is 6.20 Å². The molecule has 0 saturated carbocycles. The first kappa shape index (κ1) is 15.0. The predicted octanol–water partition coefficient (Wildman–Crippen LogP) is 2.73. The highest BCUT2D eigenvalue weighted by Gasteiger charge is 2.10. The van der Waals surface area contributed by atoms with Crippen molar-refractivity contribution < 1.29 is 13.9 Å². The van der Waals surface area contributed by atoms with E-state index in [1.807, 2.05) is 38.1 Å². The van der Waals surface area contributed by atoms with E-state index in [1.165, 1.54) is 12.3 Å². The lowest BCUT2D eigenvalue weighted by Gasteiger charge is -2.15. The highest BCUT2D eigenvalue weighted by Crippen LogP contribution is 2.11. The molecule has 2 rings (SSSR count). The van der Waals surface area contributed by atoms with E-state index in [-0.39, 0.29) is 11.9 Å². The Balaban J connectivity index is 1.83. The number of nitrogens with zero attached hydrogens (tertiary/aromatic N) is 1. The van der Waals surface area contributed by atoms with Crippen LogP contribution in [0.15, 0.2) is 42.6 Å². The van der Waals surface area contributed by atoms with Crippen LogP contribution in [0.3, 0.4) is 0 Å². The largest absolute Gasteiger partial charge is 0.491 e. The van der Waals surface area contributed by atoms with Crippen LogP contribution in [0.5, 0.6) is 5.75 Å². The first-order chi connectivity index (χ1) is 10.0. The Kier molecular flexibility index (Phi) is 4.87. The van der Waals surface area contributed by atoms with Crippen molar-refractivity contribution in [1.29, 1.82) is 0 Å². The van der Waals surface area contributed by atoms with Crippen molar-refractivity contribution in [3.63, 3.8) is 0 Å². The van der Waals surface area contributed by atoms with Gasteiger partial charge in [-0.1, -0.05) is 17.7 Å². The fourth-order valence-electron chi connectivity index (χ4n) is 1.71. The van der Waals surface area contributed by atoms with Crippen molar-refractivity contribution in [2.45, 2.75) is 19.9 Å². The smallest absolute Gasteiger partial charge is 0.253 e. The molecule has 1 heterocycles. The molecule has 0 aliphatic heterocycles. The minimum absolute atomic E-state index is 0.177. The number of benzene rings is 1. The summed E-state index contributed by atoms with van der Waals surface area (Å²) in [6.07, 6.45) is 1.21. The molecule has 0 aliphatic rings. The molecule has 1 aromatic carbocycles. The molecule has 1 unspecified atom stereocenters. The molecule has 5 heteroatoms. The molecular weight excluding hydrogens is 271 g/mol. The van der Waals surface area contributed by atoms with Crippen LogP contribution in [0.1, 0.15) is 22.8 Å². The summed E-state index contributed by atoms with van der Waals surface area (Å²) in [7, 11) is 0. The monoisotopic (exact) mass is 288 g/mol. The van der Waals surface area contributed by atoms with E-state index in [0.29, 0.717) is 12.2 Å². The maximum absolute atomic E-state index is 12.7. The molecular formula is C16H17FN2O2. The number of pyridine rings is 1. The zero-order chi connectivity index (χ0) is 15.2. The molecule has 4 nitrogen and oxygen atoms in total. The van der Waals surface area contributed by atoms with Crippen LogP contribution in [0.4, 0.5) is 4.39 Å². The molecule has 2 aromatic rings. The molecule has 0 bridgehead atoms. The fourth-order valence-corrected chi connectivity index (χ4v) is 1.71. The summed E-state index contributed by atoms with van der Waals surface area (Å²) in [5, 5.41) is 2.77. The normalized spacial score (nSPS) is 11.8. The third kappa shape index (κ3) is 4.56. The van der Waals surface area contributed by atoms with Crippen molar-refractivity contribution >= 4 is 5.91 Å². The highest BCUT2D eigenvalue weighted by molar-refractivity contribution is 5.93. The molecule has 0 saturated heterocycles. The first-order valence-corrected chi connectivity index (χ1v) is 6.66. The Morgan fingerprint density at radius 1 is 1.29 bits per heavy atom. The average molecular weight is 288 g/mol. The van der Waals surface area contributed by atoms with Gasteiger partial charge < -0.3 is 10.1 Å². The molecule has 21 heavy (non-hydrogen) atoms. The van der Waals surface area contributed by atoms with Gasteiger partial charge in [-0.2, -0.15) is 4.39 Å². The number of ether oxygens (including phenoxy) is 1. The predicted molar refractivity (Wildman–Crippen MR) is 77.8 cm³/mol. The molecule has 0 spiro atoms. The van der Waals surface area contributed by atoms with Crippen LogP contribution in [-0.4, -0.2) is 23.5 Å². The van der Waals surface area contributed by atoms with Gasteiger partial charge in [-0.05, 0) is 38.1 Å². The van der Waals surface area contributed by atoms with Gasteiger partial charge in [-0.15, -0.1) is 0 Å². The van der Waals surface area contributed by atoms with Crippen LogP contribution >= 0.6 is 0 Å². The second kappa shape index (κ2) is 6.83. The van der Waals surface area contributed by atoms with E-state index in [2.05, 4.69) is 10.3 Å². The van der Waals surface area contributed by atoms with E-state index >= 15 is 0 Å². The summed E-state index contributed by atoms with van der Waals surface area (Å²) < 4.78 is 18.3. The number of rotatable bonds is 5. The van der Waals surface area contributed by atoms with Gasteiger partial charge in [-0.25, -0.2) is 4.98 Å². The molecule has 110 valence electrons. The van der Waals surface area contributed by atoms with Crippen LogP contribution in [0, 0.1) is 12.9 Å². The summed E-state index contributed by atoms with van der Waals surface area (Å²) in [4.78, 5) is 15.3. The van der Waals surface area contributed by atoms with Crippen molar-refractivity contribution in [1.82, 2.24) is 10.3 Å². The SMILES string of the molecule is Cc1ccc(OCC(C)NC(=O)c2ccc(F)nc2)cc1. The van der Waals surface area contributed by atoms with E-state index in [9.17, 15) is 9.18 Å². The van der Waals surface area contributed by atoms with Gasteiger partial charge in [0.05, 0.1) is 11.6 Å². The average Bonchev–Trinajstić information content (AvgIpc) is 2.47. The quantitative estimate of drug-likeness (QED) is 0.861. The van der Waals surface area contributed by atoms with Crippen LogP contribution in [0.2, 0.25) is 0 Å². The number of halogens is 1. The third-order valence-corrected chi connectivity index (χ3v) is 2.89. The first-order valence-electron chi connectivity index (χ1n) is 6.66. The van der Waals surface area contributed by atoms with Gasteiger partial charge >= 0.3 is 0 Å². The van der Waals surface area contributed by atoms with E-state index in [4.69, 9.17) is 4.74 Å². The zero-order valence-corrected chi connectivity index (χ0v) is 12.0. The van der Waals surface area contributed by atoms with Crippen molar-refractivity contribution in [2.75, 3.05) is 6.61 Å². The van der Waals surface area contributed by atoms with Crippen LogP contribution in [-0.2, 0) is 0 Å². The Bertz CT molecular complexity index is 597. The van der Waals surface area contributed by atoms with Crippen molar-refractivity contribution in [3.05, 3.63) is 59.7 Å². The highest BCUT2D eigenvalue weighted by atomic mass is 19.1. The van der Waals surface area contributed by atoms with Gasteiger partial charge in [0.2, 0.25) is 5.95 Å². The maximum atomic E-state index is 12.7. The summed E-state index contributed by atoms with van der Waals surface area (Å²) in [5.74, 6) is -0.157. The number of aryl methyl sites for hydroxylation is 1. The van der Waals surface area contributed by atoms with Crippen molar-refractivity contribution in [2.24, 2.45) is 0 Å². The summed E-state index contributed by atoms with van der Waals surface area (Å²) in [6, 6.07) is 10.1. The number of amides is 1. The summed E-state index contributed by atoms with van der Waals surface area (Å²) in [5.41, 5.74) is 1.48. The molecule has 1 aromatic heterocycles.